The van der Waals surface area contributed by atoms with Crippen LogP contribution in [0.3, 0.4) is 0 Å². The molecule has 2 N–H and O–H groups in total. The Bertz CT molecular complexity index is 451. The van der Waals surface area contributed by atoms with Crippen molar-refractivity contribution < 1.29 is 9.90 Å². The van der Waals surface area contributed by atoms with E-state index in [0.29, 0.717) is 11.5 Å². The molecule has 1 unspecified atom stereocenters. The predicted molar refractivity (Wildman–Crippen MR) is 80.7 cm³/mol. The number of aliphatic carboxylic acids is 1. The normalized spacial score (nSPS) is 21.6. The van der Waals surface area contributed by atoms with Crippen LogP contribution in [0, 0.1) is 5.41 Å². The molecule has 0 amide bonds. The first-order valence-corrected chi connectivity index (χ1v) is 7.50. The van der Waals surface area contributed by atoms with Crippen molar-refractivity contribution in [1.82, 2.24) is 5.32 Å². The number of carboxylic acid groups (broad SMARTS) is 1. The van der Waals surface area contributed by atoms with E-state index >= 15 is 0 Å². The highest BCUT2D eigenvalue weighted by molar-refractivity contribution is 5.70. The maximum absolute atomic E-state index is 10.6. The third-order valence-corrected chi connectivity index (χ3v) is 4.44. The topological polar surface area (TPSA) is 49.3 Å². The van der Waals surface area contributed by atoms with Gasteiger partial charge in [-0.25, -0.2) is 0 Å². The van der Waals surface area contributed by atoms with Gasteiger partial charge in [0.2, 0.25) is 0 Å². The molecule has 20 heavy (non-hydrogen) atoms. The third kappa shape index (κ3) is 4.07. The first kappa shape index (κ1) is 15.0. The Morgan fingerprint density at radius 2 is 1.90 bits per heavy atom. The van der Waals surface area contributed by atoms with Crippen LogP contribution in [0.5, 0.6) is 0 Å². The first-order valence-electron chi connectivity index (χ1n) is 7.50. The molecular formula is C17H25NO2. The Kier molecular flexibility index (Phi) is 4.81. The van der Waals surface area contributed by atoms with Crippen LogP contribution in [0.2, 0.25) is 0 Å². The molecule has 2 rings (SSSR count). The van der Waals surface area contributed by atoms with Crippen LogP contribution in [0.4, 0.5) is 0 Å². The van der Waals surface area contributed by atoms with Crippen molar-refractivity contribution in [3.63, 3.8) is 0 Å². The van der Waals surface area contributed by atoms with Crippen molar-refractivity contribution in [2.75, 3.05) is 0 Å². The Morgan fingerprint density at radius 3 is 2.50 bits per heavy atom. The van der Waals surface area contributed by atoms with Gasteiger partial charge in [-0.1, -0.05) is 51.0 Å². The average Bonchev–Trinajstić information content (AvgIpc) is 2.38. The van der Waals surface area contributed by atoms with Gasteiger partial charge in [-0.3, -0.25) is 4.79 Å². The molecule has 0 aromatic heterocycles. The van der Waals surface area contributed by atoms with E-state index < -0.39 is 5.97 Å². The minimum absolute atomic E-state index is 0.101. The lowest BCUT2D eigenvalue weighted by molar-refractivity contribution is -0.136. The molecule has 0 radical (unpaired) electrons. The van der Waals surface area contributed by atoms with E-state index in [4.69, 9.17) is 5.11 Å². The van der Waals surface area contributed by atoms with Gasteiger partial charge in [0.15, 0.2) is 0 Å². The Hall–Kier alpha value is -1.35. The largest absolute Gasteiger partial charge is 0.481 e. The van der Waals surface area contributed by atoms with Gasteiger partial charge in [0.25, 0.3) is 0 Å². The molecule has 1 aromatic carbocycles. The fourth-order valence-electron chi connectivity index (χ4n) is 3.06. The average molecular weight is 275 g/mol. The van der Waals surface area contributed by atoms with E-state index in [1.54, 1.807) is 0 Å². The summed E-state index contributed by atoms with van der Waals surface area (Å²) in [6.07, 6.45) is 5.31. The van der Waals surface area contributed by atoms with Crippen molar-refractivity contribution in [3.05, 3.63) is 35.4 Å². The molecule has 0 saturated heterocycles. The highest BCUT2D eigenvalue weighted by Gasteiger charge is 2.31. The SMILES string of the molecule is CC1(C)CCCCC1NCc1ccc(CC(=O)O)cc1. The van der Waals surface area contributed by atoms with Crippen LogP contribution in [0.1, 0.15) is 50.7 Å². The van der Waals surface area contributed by atoms with Gasteiger partial charge in [0.05, 0.1) is 6.42 Å². The number of carbonyl (C=O) groups is 1. The number of hydrogen-bond acceptors (Lipinski definition) is 2. The maximum atomic E-state index is 10.6. The van der Waals surface area contributed by atoms with Gasteiger partial charge < -0.3 is 10.4 Å². The lowest BCUT2D eigenvalue weighted by atomic mass is 9.73. The van der Waals surface area contributed by atoms with E-state index in [2.05, 4.69) is 19.2 Å². The molecule has 3 heteroatoms. The molecule has 0 heterocycles. The molecule has 110 valence electrons. The summed E-state index contributed by atoms with van der Waals surface area (Å²) in [5, 5.41) is 12.4. The summed E-state index contributed by atoms with van der Waals surface area (Å²) < 4.78 is 0. The number of benzene rings is 1. The minimum atomic E-state index is -0.778. The molecule has 0 bridgehead atoms. The lowest BCUT2D eigenvalue weighted by Gasteiger charge is -2.39. The van der Waals surface area contributed by atoms with Crippen LogP contribution >= 0.6 is 0 Å². The van der Waals surface area contributed by atoms with E-state index in [1.165, 1.54) is 31.2 Å². The second-order valence-electron chi connectivity index (χ2n) is 6.55. The van der Waals surface area contributed by atoms with Crippen LogP contribution < -0.4 is 5.32 Å². The van der Waals surface area contributed by atoms with E-state index in [9.17, 15) is 4.79 Å². The molecule has 1 atom stereocenters. The number of nitrogens with one attached hydrogen (secondary N) is 1. The quantitative estimate of drug-likeness (QED) is 0.866. The Labute approximate surface area is 121 Å². The second kappa shape index (κ2) is 6.40. The van der Waals surface area contributed by atoms with Crippen LogP contribution in [0.25, 0.3) is 0 Å². The number of rotatable bonds is 5. The summed E-state index contributed by atoms with van der Waals surface area (Å²) in [5.41, 5.74) is 2.46. The minimum Gasteiger partial charge on any atom is -0.481 e. The molecule has 1 aliphatic carbocycles. The summed E-state index contributed by atoms with van der Waals surface area (Å²) in [6.45, 7) is 5.56. The molecule has 1 saturated carbocycles. The van der Waals surface area contributed by atoms with Gasteiger partial charge in [-0.05, 0) is 29.4 Å². The van der Waals surface area contributed by atoms with Crippen LogP contribution in [-0.4, -0.2) is 17.1 Å². The predicted octanol–water partition coefficient (Wildman–Crippen LogP) is 3.37. The van der Waals surface area contributed by atoms with Crippen molar-refractivity contribution in [2.45, 2.75) is 58.5 Å². The van der Waals surface area contributed by atoms with Crippen molar-refractivity contribution >= 4 is 5.97 Å². The zero-order valence-corrected chi connectivity index (χ0v) is 12.5. The van der Waals surface area contributed by atoms with E-state index in [1.807, 2.05) is 24.3 Å². The first-order chi connectivity index (χ1) is 9.47. The van der Waals surface area contributed by atoms with Gasteiger partial charge in [0.1, 0.15) is 0 Å². The summed E-state index contributed by atoms with van der Waals surface area (Å²) >= 11 is 0. The van der Waals surface area contributed by atoms with E-state index in [-0.39, 0.29) is 6.42 Å². The van der Waals surface area contributed by atoms with Crippen LogP contribution in [0.15, 0.2) is 24.3 Å². The molecule has 0 aliphatic heterocycles. The smallest absolute Gasteiger partial charge is 0.307 e. The molecule has 0 spiro atoms. The summed E-state index contributed by atoms with van der Waals surface area (Å²) in [7, 11) is 0. The summed E-state index contributed by atoms with van der Waals surface area (Å²) in [5.74, 6) is -0.778. The lowest BCUT2D eigenvalue weighted by Crippen LogP contribution is -2.43. The monoisotopic (exact) mass is 275 g/mol. The highest BCUT2D eigenvalue weighted by Crippen LogP contribution is 2.35. The van der Waals surface area contributed by atoms with Crippen molar-refractivity contribution in [1.29, 1.82) is 0 Å². The van der Waals surface area contributed by atoms with E-state index in [0.717, 1.165) is 12.1 Å². The Morgan fingerprint density at radius 1 is 1.25 bits per heavy atom. The van der Waals surface area contributed by atoms with Gasteiger partial charge in [-0.15, -0.1) is 0 Å². The van der Waals surface area contributed by atoms with Gasteiger partial charge in [0, 0.05) is 12.6 Å². The molecule has 1 fully saturated rings. The zero-order chi connectivity index (χ0) is 14.6. The Balaban J connectivity index is 1.89. The molecule has 1 aromatic rings. The molecule has 3 nitrogen and oxygen atoms in total. The highest BCUT2D eigenvalue weighted by atomic mass is 16.4. The summed E-state index contributed by atoms with van der Waals surface area (Å²) in [6, 6.07) is 8.46. The summed E-state index contributed by atoms with van der Waals surface area (Å²) in [4.78, 5) is 10.6. The number of hydrogen-bond donors (Lipinski definition) is 2. The zero-order valence-electron chi connectivity index (χ0n) is 12.5. The van der Waals surface area contributed by atoms with Gasteiger partial charge in [-0.2, -0.15) is 0 Å². The fourth-order valence-corrected chi connectivity index (χ4v) is 3.06. The van der Waals surface area contributed by atoms with Gasteiger partial charge >= 0.3 is 5.97 Å². The van der Waals surface area contributed by atoms with Crippen molar-refractivity contribution in [2.24, 2.45) is 5.41 Å². The number of carboxylic acids is 1. The molecule has 1 aliphatic rings. The maximum Gasteiger partial charge on any atom is 0.307 e. The fraction of sp³-hybridized carbons (Fsp3) is 0.588. The third-order valence-electron chi connectivity index (χ3n) is 4.44. The van der Waals surface area contributed by atoms with Crippen LogP contribution in [-0.2, 0) is 17.8 Å². The standard InChI is InChI=1S/C17H25NO2/c1-17(2)10-4-3-5-15(17)18-12-14-8-6-13(7-9-14)11-16(19)20/h6-9,15,18H,3-5,10-12H2,1-2H3,(H,19,20). The molecular weight excluding hydrogens is 250 g/mol. The second-order valence-corrected chi connectivity index (χ2v) is 6.55. The van der Waals surface area contributed by atoms with Crippen molar-refractivity contribution in [3.8, 4) is 0 Å².